The van der Waals surface area contributed by atoms with Gasteiger partial charge in [-0.1, -0.05) is 5.16 Å². The van der Waals surface area contributed by atoms with E-state index in [-0.39, 0.29) is 6.54 Å². The van der Waals surface area contributed by atoms with E-state index >= 15 is 0 Å². The summed E-state index contributed by atoms with van der Waals surface area (Å²) in [7, 11) is 0. The van der Waals surface area contributed by atoms with Gasteiger partial charge < -0.3 is 10.3 Å². The average molecular weight is 267 g/mol. The van der Waals surface area contributed by atoms with Gasteiger partial charge >= 0.3 is 0 Å². The van der Waals surface area contributed by atoms with Gasteiger partial charge in [0.15, 0.2) is 0 Å². The van der Waals surface area contributed by atoms with E-state index in [1.54, 1.807) is 23.5 Å². The third-order valence-electron chi connectivity index (χ3n) is 2.29. The molecule has 0 saturated carbocycles. The van der Waals surface area contributed by atoms with Gasteiger partial charge in [-0.25, -0.2) is 0 Å². The van der Waals surface area contributed by atoms with Crippen molar-refractivity contribution in [3.05, 3.63) is 24.1 Å². The molecule has 1 aromatic heterocycles. The highest BCUT2D eigenvalue weighted by atomic mass is 32.2. The van der Waals surface area contributed by atoms with Gasteiger partial charge in [-0.15, -0.1) is 23.5 Å². The lowest BCUT2D eigenvalue weighted by molar-refractivity contribution is 0.380. The van der Waals surface area contributed by atoms with Crippen LogP contribution in [0.2, 0.25) is 0 Å². The predicted octanol–water partition coefficient (Wildman–Crippen LogP) is 2.64. The molecule has 0 fully saturated rings. The maximum Gasteiger partial charge on any atom is 0.240 e. The average Bonchev–Trinajstić information content (AvgIpc) is 2.86. The Hall–Kier alpha value is -0.980. The quantitative estimate of drug-likeness (QED) is 0.859. The second-order valence-electron chi connectivity index (χ2n) is 3.28. The summed E-state index contributed by atoms with van der Waals surface area (Å²) < 4.78 is 5.02. The number of aromatic nitrogens is 2. The van der Waals surface area contributed by atoms with E-state index < -0.39 is 0 Å². The molecule has 0 spiro atoms. The van der Waals surface area contributed by atoms with E-state index in [9.17, 15) is 0 Å². The molecule has 1 aromatic carbocycles. The van der Waals surface area contributed by atoms with Crippen LogP contribution in [-0.2, 0) is 6.54 Å². The largest absolute Gasteiger partial charge is 0.338 e. The molecule has 0 amide bonds. The van der Waals surface area contributed by atoms with Gasteiger partial charge in [0, 0.05) is 15.4 Å². The lowest BCUT2D eigenvalue weighted by atomic mass is 10.2. The molecule has 1 heterocycles. The van der Waals surface area contributed by atoms with Gasteiger partial charge in [-0.2, -0.15) is 4.98 Å². The van der Waals surface area contributed by atoms with Gasteiger partial charge in [0.05, 0.1) is 6.54 Å². The topological polar surface area (TPSA) is 64.9 Å². The zero-order valence-electron chi connectivity index (χ0n) is 9.64. The van der Waals surface area contributed by atoms with Crippen LogP contribution in [0.4, 0.5) is 0 Å². The van der Waals surface area contributed by atoms with Crippen LogP contribution in [0.15, 0.2) is 32.5 Å². The Morgan fingerprint density at radius 1 is 1.29 bits per heavy atom. The van der Waals surface area contributed by atoms with Gasteiger partial charge in [0.25, 0.3) is 0 Å². The van der Waals surface area contributed by atoms with Crippen molar-refractivity contribution in [1.29, 1.82) is 0 Å². The van der Waals surface area contributed by atoms with Crippen molar-refractivity contribution < 1.29 is 4.52 Å². The Morgan fingerprint density at radius 2 is 2.12 bits per heavy atom. The van der Waals surface area contributed by atoms with Crippen LogP contribution < -0.4 is 5.73 Å². The van der Waals surface area contributed by atoms with Crippen molar-refractivity contribution in [3.63, 3.8) is 0 Å². The third-order valence-corrected chi connectivity index (χ3v) is 3.80. The van der Waals surface area contributed by atoms with E-state index in [2.05, 4.69) is 28.5 Å². The van der Waals surface area contributed by atoms with Crippen molar-refractivity contribution in [2.24, 2.45) is 5.73 Å². The number of thioether (sulfide) groups is 2. The molecule has 2 aromatic rings. The minimum Gasteiger partial charge on any atom is -0.338 e. The fourth-order valence-corrected chi connectivity index (χ4v) is 2.57. The summed E-state index contributed by atoms with van der Waals surface area (Å²) in [5.74, 6) is 1.06. The van der Waals surface area contributed by atoms with E-state index in [0.29, 0.717) is 11.7 Å². The number of nitrogens with two attached hydrogens (primary N) is 1. The summed E-state index contributed by atoms with van der Waals surface area (Å²) in [6.45, 7) is 0.268. The Labute approximate surface area is 108 Å². The fraction of sp³-hybridized carbons (Fsp3) is 0.273. The molecular weight excluding hydrogens is 254 g/mol. The molecule has 90 valence electrons. The Morgan fingerprint density at radius 3 is 2.71 bits per heavy atom. The van der Waals surface area contributed by atoms with Gasteiger partial charge in [-0.05, 0) is 30.7 Å². The SMILES string of the molecule is CSc1ccc(-c2noc(CN)n2)c(SC)c1. The summed E-state index contributed by atoms with van der Waals surface area (Å²) in [5, 5.41) is 3.94. The fourth-order valence-electron chi connectivity index (χ4n) is 1.43. The maximum absolute atomic E-state index is 5.45. The molecule has 0 atom stereocenters. The second-order valence-corrected chi connectivity index (χ2v) is 5.01. The molecule has 2 rings (SSSR count). The smallest absolute Gasteiger partial charge is 0.240 e. The highest BCUT2D eigenvalue weighted by Gasteiger charge is 2.12. The molecule has 0 unspecified atom stereocenters. The Kier molecular flexibility index (Phi) is 4.09. The first-order valence-electron chi connectivity index (χ1n) is 5.03. The molecule has 6 heteroatoms. The standard InChI is InChI=1S/C11H13N3OS2/c1-16-7-3-4-8(9(5-7)17-2)11-13-10(6-12)15-14-11/h3-5H,6,12H2,1-2H3. The zero-order chi connectivity index (χ0) is 12.3. The Balaban J connectivity index is 2.43. The highest BCUT2D eigenvalue weighted by molar-refractivity contribution is 7.99. The highest BCUT2D eigenvalue weighted by Crippen LogP contribution is 2.31. The van der Waals surface area contributed by atoms with Crippen molar-refractivity contribution in [2.75, 3.05) is 12.5 Å². The maximum atomic E-state index is 5.45. The summed E-state index contributed by atoms with van der Waals surface area (Å²) >= 11 is 3.38. The predicted molar refractivity (Wildman–Crippen MR) is 71.2 cm³/mol. The molecule has 0 radical (unpaired) electrons. The van der Waals surface area contributed by atoms with Crippen molar-refractivity contribution in [3.8, 4) is 11.4 Å². The first-order chi connectivity index (χ1) is 8.28. The van der Waals surface area contributed by atoms with E-state index in [1.807, 2.05) is 12.3 Å². The van der Waals surface area contributed by atoms with Gasteiger partial charge in [0.1, 0.15) is 0 Å². The molecule has 4 nitrogen and oxygen atoms in total. The summed E-state index contributed by atoms with van der Waals surface area (Å²) in [6, 6.07) is 6.20. The minimum atomic E-state index is 0.268. The number of benzene rings is 1. The molecule has 0 saturated heterocycles. The molecular formula is C11H13N3OS2. The summed E-state index contributed by atoms with van der Waals surface area (Å²) in [4.78, 5) is 6.60. The van der Waals surface area contributed by atoms with Crippen LogP contribution >= 0.6 is 23.5 Å². The van der Waals surface area contributed by atoms with Crippen LogP contribution in [0.25, 0.3) is 11.4 Å². The molecule has 2 N–H and O–H groups in total. The Bertz CT molecular complexity index is 513. The molecule has 0 bridgehead atoms. The minimum absolute atomic E-state index is 0.268. The first-order valence-corrected chi connectivity index (χ1v) is 7.48. The van der Waals surface area contributed by atoms with Crippen LogP contribution in [0.1, 0.15) is 5.89 Å². The van der Waals surface area contributed by atoms with Crippen LogP contribution in [0.5, 0.6) is 0 Å². The lowest BCUT2D eigenvalue weighted by Gasteiger charge is -2.05. The van der Waals surface area contributed by atoms with Crippen LogP contribution in [0.3, 0.4) is 0 Å². The second kappa shape index (κ2) is 5.57. The first kappa shape index (κ1) is 12.5. The molecule has 17 heavy (non-hydrogen) atoms. The van der Waals surface area contributed by atoms with E-state index in [1.165, 1.54) is 4.90 Å². The molecule has 0 aliphatic heterocycles. The third kappa shape index (κ3) is 2.65. The van der Waals surface area contributed by atoms with Crippen molar-refractivity contribution >= 4 is 23.5 Å². The number of rotatable bonds is 4. The summed E-state index contributed by atoms with van der Waals surface area (Å²) in [6.07, 6.45) is 4.09. The van der Waals surface area contributed by atoms with E-state index in [0.717, 1.165) is 10.5 Å². The van der Waals surface area contributed by atoms with Crippen molar-refractivity contribution in [2.45, 2.75) is 16.3 Å². The van der Waals surface area contributed by atoms with Crippen LogP contribution in [0, 0.1) is 0 Å². The zero-order valence-corrected chi connectivity index (χ0v) is 11.3. The summed E-state index contributed by atoms with van der Waals surface area (Å²) in [5.41, 5.74) is 6.44. The molecule has 0 aliphatic rings. The van der Waals surface area contributed by atoms with Crippen LogP contribution in [-0.4, -0.2) is 22.7 Å². The van der Waals surface area contributed by atoms with Crippen molar-refractivity contribution in [1.82, 2.24) is 10.1 Å². The molecule has 0 aliphatic carbocycles. The lowest BCUT2D eigenvalue weighted by Crippen LogP contribution is -1.95. The van der Waals surface area contributed by atoms with Gasteiger partial charge in [-0.3, -0.25) is 0 Å². The number of nitrogens with zero attached hydrogens (tertiary/aromatic N) is 2. The van der Waals surface area contributed by atoms with Gasteiger partial charge in [0.2, 0.25) is 11.7 Å². The number of hydrogen-bond donors (Lipinski definition) is 1. The van der Waals surface area contributed by atoms with E-state index in [4.69, 9.17) is 10.3 Å². The monoisotopic (exact) mass is 267 g/mol. The normalized spacial score (nSPS) is 10.8. The number of hydrogen-bond acceptors (Lipinski definition) is 6.